The van der Waals surface area contributed by atoms with Crippen LogP contribution in [0, 0.1) is 17.3 Å². The summed E-state index contributed by atoms with van der Waals surface area (Å²) in [6.45, 7) is 3.83. The molecule has 80 valence electrons. The number of fused-ring (bicyclic) bond motifs is 2. The summed E-state index contributed by atoms with van der Waals surface area (Å²) >= 11 is 0. The molecule has 0 radical (unpaired) electrons. The molecule has 3 atom stereocenters. The number of carbonyl (C=O) groups is 1. The third-order valence-corrected chi connectivity index (χ3v) is 5.15. The van der Waals surface area contributed by atoms with Crippen LogP contribution in [0.1, 0.15) is 26.7 Å². The van der Waals surface area contributed by atoms with Gasteiger partial charge in [0.05, 0.1) is 5.25 Å². The lowest BCUT2D eigenvalue weighted by molar-refractivity contribution is -0.122. The van der Waals surface area contributed by atoms with Crippen molar-refractivity contribution in [3.05, 3.63) is 0 Å². The monoisotopic (exact) mass is 218 g/mol. The van der Waals surface area contributed by atoms with E-state index in [1.54, 1.807) is 0 Å². The zero-order valence-electron chi connectivity index (χ0n) is 8.23. The standard InChI is InChI=1S/C9H14O4S/c1-9(2)5-3-6(10)8(9)7(4-5)14(11,12)13/h5,7-8H,3-4H2,1-2H3,(H,11,12,13). The third-order valence-electron chi connectivity index (χ3n) is 3.92. The Morgan fingerprint density at radius 3 is 2.29 bits per heavy atom. The first-order valence-corrected chi connectivity index (χ1v) is 6.24. The Bertz CT molecular complexity index is 382. The average Bonchev–Trinajstić information content (AvgIpc) is 2.34. The fourth-order valence-corrected chi connectivity index (χ4v) is 4.41. The molecule has 4 nitrogen and oxygen atoms in total. The van der Waals surface area contributed by atoms with E-state index < -0.39 is 21.3 Å². The van der Waals surface area contributed by atoms with Gasteiger partial charge in [0, 0.05) is 12.3 Å². The Kier molecular flexibility index (Phi) is 1.86. The number of Topliss-reactive ketones (excluding diaryl/α,β-unsaturated/α-hetero) is 1. The second kappa shape index (κ2) is 2.58. The van der Waals surface area contributed by atoms with E-state index in [4.69, 9.17) is 4.55 Å². The van der Waals surface area contributed by atoms with Crippen LogP contribution in [-0.2, 0) is 14.9 Å². The van der Waals surface area contributed by atoms with E-state index in [2.05, 4.69) is 0 Å². The molecule has 0 aromatic rings. The van der Waals surface area contributed by atoms with Crippen LogP contribution in [0.3, 0.4) is 0 Å². The maximum atomic E-state index is 11.5. The van der Waals surface area contributed by atoms with Crippen LogP contribution in [0.15, 0.2) is 0 Å². The number of rotatable bonds is 1. The molecule has 2 saturated carbocycles. The minimum atomic E-state index is -4.06. The van der Waals surface area contributed by atoms with Gasteiger partial charge >= 0.3 is 0 Å². The van der Waals surface area contributed by atoms with E-state index >= 15 is 0 Å². The molecule has 0 spiro atoms. The minimum absolute atomic E-state index is 0.00567. The molecular weight excluding hydrogens is 204 g/mol. The Hall–Kier alpha value is -0.420. The van der Waals surface area contributed by atoms with Crippen LogP contribution in [0.2, 0.25) is 0 Å². The lowest BCUT2D eigenvalue weighted by Crippen LogP contribution is -2.34. The van der Waals surface area contributed by atoms with E-state index in [1.807, 2.05) is 13.8 Å². The summed E-state index contributed by atoms with van der Waals surface area (Å²) in [6.07, 6.45) is 0.909. The fourth-order valence-electron chi connectivity index (χ4n) is 3.09. The lowest BCUT2D eigenvalue weighted by atomic mass is 9.82. The summed E-state index contributed by atoms with van der Waals surface area (Å²) in [5.41, 5.74) is -0.266. The van der Waals surface area contributed by atoms with E-state index in [9.17, 15) is 13.2 Å². The third kappa shape index (κ3) is 1.15. The Morgan fingerprint density at radius 1 is 1.43 bits per heavy atom. The second-order valence-corrected chi connectivity index (χ2v) is 6.59. The molecule has 2 aliphatic rings. The van der Waals surface area contributed by atoms with E-state index in [0.29, 0.717) is 12.8 Å². The smallest absolute Gasteiger partial charge is 0.268 e. The fraction of sp³-hybridized carbons (Fsp3) is 0.889. The molecule has 2 fully saturated rings. The highest BCUT2D eigenvalue weighted by Crippen LogP contribution is 2.57. The van der Waals surface area contributed by atoms with Gasteiger partial charge in [0.25, 0.3) is 10.1 Å². The van der Waals surface area contributed by atoms with Crippen LogP contribution < -0.4 is 0 Å². The maximum Gasteiger partial charge on any atom is 0.268 e. The summed E-state index contributed by atoms with van der Waals surface area (Å²) in [5, 5.41) is -0.858. The molecule has 1 N–H and O–H groups in total. The molecule has 14 heavy (non-hydrogen) atoms. The summed E-state index contributed by atoms with van der Waals surface area (Å²) in [4.78, 5) is 11.5. The van der Waals surface area contributed by atoms with Gasteiger partial charge in [-0.3, -0.25) is 9.35 Å². The van der Waals surface area contributed by atoms with Gasteiger partial charge in [-0.2, -0.15) is 8.42 Å². The van der Waals surface area contributed by atoms with Gasteiger partial charge in [-0.15, -0.1) is 0 Å². The molecule has 0 aliphatic heterocycles. The Morgan fingerprint density at radius 2 is 2.00 bits per heavy atom. The minimum Gasteiger partial charge on any atom is -0.299 e. The zero-order valence-corrected chi connectivity index (χ0v) is 9.04. The molecule has 2 aliphatic carbocycles. The first kappa shape index (κ1) is 10.1. The van der Waals surface area contributed by atoms with Gasteiger partial charge in [0.1, 0.15) is 5.78 Å². The van der Waals surface area contributed by atoms with Crippen molar-refractivity contribution in [2.75, 3.05) is 0 Å². The van der Waals surface area contributed by atoms with Gasteiger partial charge in [-0.1, -0.05) is 13.8 Å². The van der Waals surface area contributed by atoms with Crippen molar-refractivity contribution in [3.8, 4) is 0 Å². The number of hydrogen-bond acceptors (Lipinski definition) is 3. The predicted molar refractivity (Wildman–Crippen MR) is 50.3 cm³/mol. The summed E-state index contributed by atoms with van der Waals surface area (Å²) < 4.78 is 31.1. The highest BCUT2D eigenvalue weighted by molar-refractivity contribution is 7.86. The van der Waals surface area contributed by atoms with Crippen LogP contribution in [0.25, 0.3) is 0 Å². The lowest BCUT2D eigenvalue weighted by Gasteiger charge is -2.23. The second-order valence-electron chi connectivity index (χ2n) is 4.96. The molecule has 5 heteroatoms. The highest BCUT2D eigenvalue weighted by atomic mass is 32.2. The van der Waals surface area contributed by atoms with Crippen molar-refractivity contribution in [2.24, 2.45) is 17.3 Å². The van der Waals surface area contributed by atoms with Gasteiger partial charge in [0.2, 0.25) is 0 Å². The first-order valence-electron chi connectivity index (χ1n) is 4.73. The molecule has 2 bridgehead atoms. The van der Waals surface area contributed by atoms with Gasteiger partial charge in [-0.25, -0.2) is 0 Å². The first-order chi connectivity index (χ1) is 6.24. The van der Waals surface area contributed by atoms with Crippen LogP contribution in [0.5, 0.6) is 0 Å². The van der Waals surface area contributed by atoms with E-state index in [-0.39, 0.29) is 17.1 Å². The van der Waals surface area contributed by atoms with Crippen LogP contribution >= 0.6 is 0 Å². The Balaban J connectivity index is 2.43. The van der Waals surface area contributed by atoms with Gasteiger partial charge < -0.3 is 0 Å². The predicted octanol–water partition coefficient (Wildman–Crippen LogP) is 0.878. The maximum absolute atomic E-state index is 11.5. The average molecular weight is 218 g/mol. The van der Waals surface area contributed by atoms with Crippen molar-refractivity contribution in [1.82, 2.24) is 0 Å². The Labute approximate surface area is 83.4 Å². The van der Waals surface area contributed by atoms with Gasteiger partial charge in [0.15, 0.2) is 0 Å². The quantitative estimate of drug-likeness (QED) is 0.663. The molecule has 0 aromatic carbocycles. The van der Waals surface area contributed by atoms with E-state index in [1.165, 1.54) is 0 Å². The summed E-state index contributed by atoms with van der Waals surface area (Å²) in [7, 11) is -4.06. The van der Waals surface area contributed by atoms with Crippen LogP contribution in [0.4, 0.5) is 0 Å². The summed E-state index contributed by atoms with van der Waals surface area (Å²) in [5.74, 6) is -0.386. The number of hydrogen-bond donors (Lipinski definition) is 1. The molecular formula is C9H14O4S. The number of carbonyl (C=O) groups excluding carboxylic acids is 1. The molecule has 0 amide bonds. The molecule has 0 aromatic heterocycles. The zero-order chi connectivity index (χ0) is 10.7. The largest absolute Gasteiger partial charge is 0.299 e. The molecule has 3 unspecified atom stereocenters. The highest BCUT2D eigenvalue weighted by Gasteiger charge is 2.61. The molecule has 2 rings (SSSR count). The summed E-state index contributed by atoms with van der Waals surface area (Å²) in [6, 6.07) is 0. The molecule has 0 saturated heterocycles. The van der Waals surface area contributed by atoms with E-state index in [0.717, 1.165) is 0 Å². The molecule has 0 heterocycles. The van der Waals surface area contributed by atoms with Crippen LogP contribution in [-0.4, -0.2) is 24.0 Å². The van der Waals surface area contributed by atoms with Crippen molar-refractivity contribution >= 4 is 15.9 Å². The van der Waals surface area contributed by atoms with Crippen molar-refractivity contribution in [1.29, 1.82) is 0 Å². The SMILES string of the molecule is CC1(C)C2CC(=O)C1C(S(=O)(=O)O)C2. The number of ketones is 1. The topological polar surface area (TPSA) is 71.4 Å². The van der Waals surface area contributed by atoms with Crippen molar-refractivity contribution < 1.29 is 17.8 Å². The van der Waals surface area contributed by atoms with Crippen molar-refractivity contribution in [2.45, 2.75) is 31.9 Å². The van der Waals surface area contributed by atoms with Crippen molar-refractivity contribution in [3.63, 3.8) is 0 Å². The van der Waals surface area contributed by atoms with Gasteiger partial charge in [-0.05, 0) is 17.8 Å². The normalized spacial score (nSPS) is 40.5.